The number of hydrogen-bond acceptors (Lipinski definition) is 3. The first-order valence-electron chi connectivity index (χ1n) is 7.15. The van der Waals surface area contributed by atoms with Crippen LogP contribution in [0.4, 0.5) is 0 Å². The van der Waals surface area contributed by atoms with Gasteiger partial charge >= 0.3 is 5.97 Å². The molecular formula is C17H19NO3. The summed E-state index contributed by atoms with van der Waals surface area (Å²) in [5.74, 6) is -0.370. The summed E-state index contributed by atoms with van der Waals surface area (Å²) in [6, 6.07) is 3.52. The number of methoxy groups -OCH3 is 1. The predicted molar refractivity (Wildman–Crippen MR) is 84.7 cm³/mol. The van der Waals surface area contributed by atoms with E-state index in [9.17, 15) is 9.59 Å². The second kappa shape index (κ2) is 6.39. The van der Waals surface area contributed by atoms with Crippen LogP contribution in [0.2, 0.25) is 0 Å². The highest BCUT2D eigenvalue weighted by Gasteiger charge is 2.13. The van der Waals surface area contributed by atoms with Gasteiger partial charge in [0.25, 0.3) is 5.56 Å². The zero-order valence-corrected chi connectivity index (χ0v) is 12.5. The van der Waals surface area contributed by atoms with E-state index in [0.29, 0.717) is 10.9 Å². The number of carbonyl (C=O) groups is 1. The van der Waals surface area contributed by atoms with Crippen LogP contribution in [0.1, 0.15) is 37.0 Å². The summed E-state index contributed by atoms with van der Waals surface area (Å²) in [4.78, 5) is 26.5. The van der Waals surface area contributed by atoms with Crippen molar-refractivity contribution in [2.75, 3.05) is 7.11 Å². The molecule has 1 aromatic carbocycles. The maximum absolute atomic E-state index is 12.0. The van der Waals surface area contributed by atoms with Crippen molar-refractivity contribution in [1.29, 1.82) is 0 Å². The fourth-order valence-electron chi connectivity index (χ4n) is 2.57. The maximum Gasteiger partial charge on any atom is 0.338 e. The number of nitrogens with one attached hydrogen (secondary N) is 1. The molecule has 0 amide bonds. The van der Waals surface area contributed by atoms with Crippen molar-refractivity contribution >= 4 is 28.9 Å². The number of esters is 1. The molecule has 0 saturated carbocycles. The minimum atomic E-state index is -0.370. The molecule has 1 N–H and O–H groups in total. The SMILES string of the molecule is CC.COC(=O)c1cc2cc[nH]c(=O)c2c2c1=CCCC=2. The van der Waals surface area contributed by atoms with Crippen LogP contribution in [-0.4, -0.2) is 18.1 Å². The number of fused-ring (bicyclic) bond motifs is 3. The van der Waals surface area contributed by atoms with Gasteiger partial charge in [0.1, 0.15) is 0 Å². The van der Waals surface area contributed by atoms with Gasteiger partial charge < -0.3 is 9.72 Å². The van der Waals surface area contributed by atoms with Crippen LogP contribution in [-0.2, 0) is 4.74 Å². The van der Waals surface area contributed by atoms with E-state index in [2.05, 4.69) is 4.98 Å². The second-order valence-electron chi connectivity index (χ2n) is 4.50. The van der Waals surface area contributed by atoms with Gasteiger partial charge in [-0.05, 0) is 40.8 Å². The highest BCUT2D eigenvalue weighted by Crippen LogP contribution is 2.08. The number of aromatic amines is 1. The molecule has 0 unspecified atom stereocenters. The Morgan fingerprint density at radius 3 is 2.52 bits per heavy atom. The molecule has 0 radical (unpaired) electrons. The molecule has 2 aromatic rings. The molecule has 0 spiro atoms. The van der Waals surface area contributed by atoms with Gasteiger partial charge in [0.2, 0.25) is 0 Å². The van der Waals surface area contributed by atoms with Crippen molar-refractivity contribution in [3.05, 3.63) is 44.7 Å². The van der Waals surface area contributed by atoms with E-state index in [1.165, 1.54) is 7.11 Å². The van der Waals surface area contributed by atoms with Crippen LogP contribution < -0.4 is 16.0 Å². The van der Waals surface area contributed by atoms with Crippen LogP contribution in [0, 0.1) is 0 Å². The zero-order valence-electron chi connectivity index (χ0n) is 12.5. The van der Waals surface area contributed by atoms with E-state index in [1.54, 1.807) is 18.3 Å². The number of carbonyl (C=O) groups excluding carboxylic acids is 1. The third-order valence-electron chi connectivity index (χ3n) is 3.41. The van der Waals surface area contributed by atoms with Crippen molar-refractivity contribution in [2.24, 2.45) is 0 Å². The first-order valence-corrected chi connectivity index (χ1v) is 7.15. The summed E-state index contributed by atoms with van der Waals surface area (Å²) >= 11 is 0. The highest BCUT2D eigenvalue weighted by molar-refractivity contribution is 5.96. The molecule has 1 heterocycles. The Morgan fingerprint density at radius 1 is 1.19 bits per heavy atom. The topological polar surface area (TPSA) is 59.2 Å². The summed E-state index contributed by atoms with van der Waals surface area (Å²) in [6.45, 7) is 4.00. The zero-order chi connectivity index (χ0) is 15.4. The molecule has 0 atom stereocenters. The number of benzene rings is 1. The lowest BCUT2D eigenvalue weighted by Gasteiger charge is -2.08. The molecule has 110 valence electrons. The fraction of sp³-hybridized carbons (Fsp3) is 0.294. The van der Waals surface area contributed by atoms with Gasteiger partial charge in [-0.2, -0.15) is 0 Å². The summed E-state index contributed by atoms with van der Waals surface area (Å²) < 4.78 is 4.82. The van der Waals surface area contributed by atoms with Crippen molar-refractivity contribution in [3.8, 4) is 0 Å². The summed E-state index contributed by atoms with van der Waals surface area (Å²) in [5, 5.41) is 3.05. The Morgan fingerprint density at radius 2 is 1.86 bits per heavy atom. The first kappa shape index (κ1) is 15.0. The van der Waals surface area contributed by atoms with Gasteiger partial charge in [-0.1, -0.05) is 26.0 Å². The van der Waals surface area contributed by atoms with Crippen molar-refractivity contribution in [1.82, 2.24) is 4.98 Å². The molecule has 21 heavy (non-hydrogen) atoms. The van der Waals surface area contributed by atoms with Crippen molar-refractivity contribution < 1.29 is 9.53 Å². The van der Waals surface area contributed by atoms with E-state index in [-0.39, 0.29) is 11.5 Å². The Hall–Kier alpha value is -2.36. The van der Waals surface area contributed by atoms with Gasteiger partial charge in [-0.3, -0.25) is 4.79 Å². The van der Waals surface area contributed by atoms with Crippen LogP contribution in [0.15, 0.2) is 23.1 Å². The van der Waals surface area contributed by atoms with Gasteiger partial charge in [-0.15, -0.1) is 0 Å². The smallest absolute Gasteiger partial charge is 0.338 e. The number of ether oxygens (including phenoxy) is 1. The van der Waals surface area contributed by atoms with E-state index in [1.807, 2.05) is 26.0 Å². The molecule has 1 aliphatic carbocycles. The average molecular weight is 285 g/mol. The largest absolute Gasteiger partial charge is 0.465 e. The number of rotatable bonds is 1. The third-order valence-corrected chi connectivity index (χ3v) is 3.41. The van der Waals surface area contributed by atoms with Crippen LogP contribution >= 0.6 is 0 Å². The standard InChI is InChI=1S/C15H13NO3.C2H6/c1-19-15(18)12-8-9-6-7-16-14(17)13(9)11-5-3-2-4-10(11)12;1-2/h4-8H,2-3H2,1H3,(H,16,17);1-2H3. The monoisotopic (exact) mass is 285 g/mol. The minimum absolute atomic E-state index is 0.128. The lowest BCUT2D eigenvalue weighted by atomic mass is 9.98. The predicted octanol–water partition coefficient (Wildman–Crippen LogP) is 1.70. The summed E-state index contributed by atoms with van der Waals surface area (Å²) in [5.41, 5.74) is 0.392. The lowest BCUT2D eigenvalue weighted by molar-refractivity contribution is 0.0599. The molecule has 0 aliphatic heterocycles. The Labute approximate surface area is 122 Å². The Balaban J connectivity index is 0.000000774. The normalized spacial score (nSPS) is 12.3. The highest BCUT2D eigenvalue weighted by atomic mass is 16.5. The molecule has 0 fully saturated rings. The second-order valence-corrected chi connectivity index (χ2v) is 4.50. The number of aromatic nitrogens is 1. The van der Waals surface area contributed by atoms with Crippen molar-refractivity contribution in [2.45, 2.75) is 26.7 Å². The number of H-pyrrole nitrogens is 1. The third kappa shape index (κ3) is 2.61. The maximum atomic E-state index is 12.0. The van der Waals surface area contributed by atoms with E-state index >= 15 is 0 Å². The van der Waals surface area contributed by atoms with Crippen molar-refractivity contribution in [3.63, 3.8) is 0 Å². The molecule has 1 aromatic heterocycles. The van der Waals surface area contributed by atoms with Crippen LogP contribution in [0.3, 0.4) is 0 Å². The molecule has 1 aliphatic rings. The van der Waals surface area contributed by atoms with Gasteiger partial charge in [0.15, 0.2) is 0 Å². The summed E-state index contributed by atoms with van der Waals surface area (Å²) in [7, 11) is 1.36. The lowest BCUT2D eigenvalue weighted by Crippen LogP contribution is -2.36. The quantitative estimate of drug-likeness (QED) is 0.811. The molecular weight excluding hydrogens is 266 g/mol. The van der Waals surface area contributed by atoms with Gasteiger partial charge in [-0.25, -0.2) is 4.79 Å². The molecule has 4 nitrogen and oxygen atoms in total. The Kier molecular flexibility index (Phi) is 4.58. The molecule has 3 rings (SSSR count). The van der Waals surface area contributed by atoms with E-state index in [0.717, 1.165) is 28.7 Å². The molecule has 0 saturated heterocycles. The van der Waals surface area contributed by atoms with E-state index < -0.39 is 0 Å². The molecule has 4 heteroatoms. The van der Waals surface area contributed by atoms with Crippen LogP contribution in [0.5, 0.6) is 0 Å². The Bertz CT molecular complexity index is 847. The van der Waals surface area contributed by atoms with Gasteiger partial charge in [0.05, 0.1) is 18.1 Å². The van der Waals surface area contributed by atoms with E-state index in [4.69, 9.17) is 4.74 Å². The first-order chi connectivity index (χ1) is 10.2. The van der Waals surface area contributed by atoms with Crippen LogP contribution in [0.25, 0.3) is 22.9 Å². The summed E-state index contributed by atoms with van der Waals surface area (Å²) in [6.07, 6.45) is 7.34. The minimum Gasteiger partial charge on any atom is -0.465 e. The molecule has 0 bridgehead atoms. The average Bonchev–Trinajstić information content (AvgIpc) is 2.55. The van der Waals surface area contributed by atoms with Gasteiger partial charge in [0, 0.05) is 6.20 Å². The fourth-order valence-corrected chi connectivity index (χ4v) is 2.57. The number of pyridine rings is 1. The number of hydrogen-bond donors (Lipinski definition) is 1.